The summed E-state index contributed by atoms with van der Waals surface area (Å²) in [4.78, 5) is 8.41. The second kappa shape index (κ2) is 12.9. The minimum absolute atomic E-state index is 0. The van der Waals surface area contributed by atoms with Gasteiger partial charge in [-0.3, -0.25) is 9.89 Å². The van der Waals surface area contributed by atoms with Crippen molar-refractivity contribution in [3.63, 3.8) is 0 Å². The molecule has 7 nitrogen and oxygen atoms in total. The first-order valence-corrected chi connectivity index (χ1v) is 11.8. The van der Waals surface area contributed by atoms with E-state index in [1.807, 2.05) is 6.92 Å². The molecule has 1 aromatic heterocycles. The van der Waals surface area contributed by atoms with Crippen molar-refractivity contribution in [1.29, 1.82) is 0 Å². The summed E-state index contributed by atoms with van der Waals surface area (Å²) in [5.74, 6) is 0.944. The van der Waals surface area contributed by atoms with Crippen LogP contribution in [0.4, 0.5) is 0 Å². The van der Waals surface area contributed by atoms with Crippen LogP contribution in [0.2, 0.25) is 0 Å². The third-order valence-electron chi connectivity index (χ3n) is 4.27. The molecular formula is C17H31IN4O3S2. The zero-order chi connectivity index (χ0) is 18.8. The SMILES string of the molecule is CCNC(=NCC(c1cccs1)N1CCOCC1)NCCS(=O)(=O)CC.I. The number of guanidine groups is 1. The maximum atomic E-state index is 11.6. The molecule has 0 amide bonds. The third kappa shape index (κ3) is 8.63. The molecule has 0 aromatic carbocycles. The van der Waals surface area contributed by atoms with E-state index in [1.54, 1.807) is 18.3 Å². The highest BCUT2D eigenvalue weighted by Gasteiger charge is 2.23. The molecular weight excluding hydrogens is 499 g/mol. The molecule has 2 N–H and O–H groups in total. The van der Waals surface area contributed by atoms with Gasteiger partial charge in [0.15, 0.2) is 15.8 Å². The monoisotopic (exact) mass is 530 g/mol. The first-order chi connectivity index (χ1) is 12.6. The van der Waals surface area contributed by atoms with Crippen molar-refractivity contribution in [3.05, 3.63) is 22.4 Å². The zero-order valence-electron chi connectivity index (χ0n) is 16.0. The van der Waals surface area contributed by atoms with Gasteiger partial charge in [0, 0.05) is 36.8 Å². The largest absolute Gasteiger partial charge is 0.379 e. The van der Waals surface area contributed by atoms with Gasteiger partial charge in [-0.15, -0.1) is 35.3 Å². The van der Waals surface area contributed by atoms with Crippen molar-refractivity contribution < 1.29 is 13.2 Å². The molecule has 156 valence electrons. The van der Waals surface area contributed by atoms with Crippen LogP contribution in [-0.4, -0.2) is 76.7 Å². The van der Waals surface area contributed by atoms with Gasteiger partial charge in [-0.1, -0.05) is 13.0 Å². The number of rotatable bonds is 9. The summed E-state index contributed by atoms with van der Waals surface area (Å²) >= 11 is 1.74. The van der Waals surface area contributed by atoms with Gasteiger partial charge in [0.25, 0.3) is 0 Å². The lowest BCUT2D eigenvalue weighted by Gasteiger charge is -2.33. The second-order valence-electron chi connectivity index (χ2n) is 6.06. The van der Waals surface area contributed by atoms with Crippen LogP contribution in [0, 0.1) is 0 Å². The van der Waals surface area contributed by atoms with Crippen LogP contribution in [0.3, 0.4) is 0 Å². The zero-order valence-corrected chi connectivity index (χ0v) is 20.0. The number of hydrogen-bond donors (Lipinski definition) is 2. The average Bonchev–Trinajstić information content (AvgIpc) is 3.17. The number of thiophene rings is 1. The number of sulfone groups is 1. The van der Waals surface area contributed by atoms with E-state index in [0.29, 0.717) is 19.0 Å². The number of ether oxygens (including phenoxy) is 1. The fraction of sp³-hybridized carbons (Fsp3) is 0.706. The van der Waals surface area contributed by atoms with Crippen LogP contribution in [0.25, 0.3) is 0 Å². The average molecular weight is 530 g/mol. The summed E-state index contributed by atoms with van der Waals surface area (Å²) in [5, 5.41) is 8.42. The van der Waals surface area contributed by atoms with E-state index >= 15 is 0 Å². The molecule has 0 spiro atoms. The normalized spacial score (nSPS) is 17.2. The Morgan fingerprint density at radius 2 is 2.07 bits per heavy atom. The third-order valence-corrected chi connectivity index (χ3v) is 6.95. The molecule has 0 bridgehead atoms. The van der Waals surface area contributed by atoms with Gasteiger partial charge >= 0.3 is 0 Å². The molecule has 1 unspecified atom stereocenters. The van der Waals surface area contributed by atoms with E-state index in [0.717, 1.165) is 32.8 Å². The van der Waals surface area contributed by atoms with E-state index in [1.165, 1.54) is 4.88 Å². The summed E-state index contributed by atoms with van der Waals surface area (Å²) in [6.07, 6.45) is 0. The molecule has 0 radical (unpaired) electrons. The predicted octanol–water partition coefficient (Wildman–Crippen LogP) is 1.73. The standard InChI is InChI=1S/C17H30N4O3S2.HI/c1-3-18-17(19-7-13-26(22,23)4-2)20-14-15(16-6-5-12-25-16)21-8-10-24-11-9-21;/h5-6,12,15H,3-4,7-11,13-14H2,1-2H3,(H2,18,19,20);1H. The van der Waals surface area contributed by atoms with E-state index in [9.17, 15) is 8.42 Å². The van der Waals surface area contributed by atoms with Gasteiger partial charge in [0.2, 0.25) is 0 Å². The van der Waals surface area contributed by atoms with Crippen molar-refractivity contribution in [3.8, 4) is 0 Å². The van der Waals surface area contributed by atoms with Crippen molar-refractivity contribution in [1.82, 2.24) is 15.5 Å². The number of halogens is 1. The molecule has 2 heterocycles. The van der Waals surface area contributed by atoms with Gasteiger partial charge in [0.05, 0.1) is 31.6 Å². The quantitative estimate of drug-likeness (QED) is 0.288. The van der Waals surface area contributed by atoms with E-state index in [2.05, 4.69) is 33.0 Å². The van der Waals surface area contributed by atoms with Crippen molar-refractivity contribution in [2.24, 2.45) is 4.99 Å². The lowest BCUT2D eigenvalue weighted by molar-refractivity contribution is 0.0186. The molecule has 1 atom stereocenters. The van der Waals surface area contributed by atoms with Crippen molar-refractivity contribution in [2.75, 3.05) is 57.4 Å². The Kier molecular flexibility index (Phi) is 11.8. The van der Waals surface area contributed by atoms with Crippen LogP contribution in [0.5, 0.6) is 0 Å². The highest BCUT2D eigenvalue weighted by atomic mass is 127. The Hall–Kier alpha value is -0.430. The molecule has 0 saturated carbocycles. The Morgan fingerprint density at radius 1 is 1.33 bits per heavy atom. The van der Waals surface area contributed by atoms with Crippen LogP contribution < -0.4 is 10.6 Å². The summed E-state index contributed by atoms with van der Waals surface area (Å²) < 4.78 is 28.8. The maximum Gasteiger partial charge on any atom is 0.191 e. The Balaban J connectivity index is 0.00000364. The molecule has 1 saturated heterocycles. The minimum Gasteiger partial charge on any atom is -0.379 e. The fourth-order valence-electron chi connectivity index (χ4n) is 2.74. The molecule has 1 fully saturated rings. The Morgan fingerprint density at radius 3 is 2.67 bits per heavy atom. The van der Waals surface area contributed by atoms with Gasteiger partial charge in [0.1, 0.15) is 0 Å². The molecule has 1 aliphatic heterocycles. The first-order valence-electron chi connectivity index (χ1n) is 9.13. The smallest absolute Gasteiger partial charge is 0.191 e. The molecule has 0 aliphatic carbocycles. The van der Waals surface area contributed by atoms with Gasteiger partial charge in [-0.05, 0) is 18.4 Å². The molecule has 2 rings (SSSR count). The lowest BCUT2D eigenvalue weighted by Crippen LogP contribution is -2.42. The first kappa shape index (κ1) is 24.6. The van der Waals surface area contributed by atoms with E-state index in [4.69, 9.17) is 9.73 Å². The van der Waals surface area contributed by atoms with Gasteiger partial charge in [-0.2, -0.15) is 0 Å². The molecule has 1 aromatic rings. The number of hydrogen-bond acceptors (Lipinski definition) is 6. The molecule has 1 aliphatic rings. The fourth-order valence-corrected chi connectivity index (χ4v) is 4.30. The Bertz CT molecular complexity index is 647. The molecule has 27 heavy (non-hydrogen) atoms. The van der Waals surface area contributed by atoms with Crippen molar-refractivity contribution >= 4 is 51.1 Å². The van der Waals surface area contributed by atoms with E-state index in [-0.39, 0.29) is 41.5 Å². The number of morpholine rings is 1. The summed E-state index contributed by atoms with van der Waals surface area (Å²) in [5.41, 5.74) is 0. The highest BCUT2D eigenvalue weighted by Crippen LogP contribution is 2.26. The van der Waals surface area contributed by atoms with Gasteiger partial charge in [-0.25, -0.2) is 8.42 Å². The maximum absolute atomic E-state index is 11.6. The summed E-state index contributed by atoms with van der Waals surface area (Å²) in [6, 6.07) is 4.43. The Labute approximate surface area is 183 Å². The second-order valence-corrected chi connectivity index (χ2v) is 9.51. The van der Waals surface area contributed by atoms with Crippen LogP contribution in [0.15, 0.2) is 22.5 Å². The number of nitrogens with one attached hydrogen (secondary N) is 2. The van der Waals surface area contributed by atoms with Gasteiger partial charge < -0.3 is 15.4 Å². The van der Waals surface area contributed by atoms with E-state index < -0.39 is 9.84 Å². The van der Waals surface area contributed by atoms with Crippen LogP contribution in [-0.2, 0) is 14.6 Å². The summed E-state index contributed by atoms with van der Waals surface area (Å²) in [7, 11) is -2.98. The number of nitrogens with zero attached hydrogens (tertiary/aromatic N) is 2. The lowest BCUT2D eigenvalue weighted by atomic mass is 10.2. The number of aliphatic imine (C=N–C) groups is 1. The van der Waals surface area contributed by atoms with Crippen LogP contribution in [0.1, 0.15) is 24.8 Å². The highest BCUT2D eigenvalue weighted by molar-refractivity contribution is 14.0. The minimum atomic E-state index is -2.98. The van der Waals surface area contributed by atoms with Crippen molar-refractivity contribution in [2.45, 2.75) is 19.9 Å². The summed E-state index contributed by atoms with van der Waals surface area (Å²) in [6.45, 7) is 8.68. The molecule has 10 heteroatoms. The predicted molar refractivity (Wildman–Crippen MR) is 123 cm³/mol. The van der Waals surface area contributed by atoms with Crippen LogP contribution >= 0.6 is 35.3 Å². The topological polar surface area (TPSA) is 83.0 Å².